The maximum absolute atomic E-state index is 5.82. The number of hydrogen-bond donors (Lipinski definition) is 1. The summed E-state index contributed by atoms with van der Waals surface area (Å²) in [7, 11) is 4.07. The fourth-order valence-corrected chi connectivity index (χ4v) is 2.10. The van der Waals surface area contributed by atoms with Crippen molar-refractivity contribution in [2.24, 2.45) is 5.73 Å². The quantitative estimate of drug-likeness (QED) is 0.789. The summed E-state index contributed by atoms with van der Waals surface area (Å²) in [6.45, 7) is 0.611. The van der Waals surface area contributed by atoms with Crippen LogP contribution < -0.4 is 5.73 Å². The van der Waals surface area contributed by atoms with Crippen LogP contribution in [0.3, 0.4) is 0 Å². The molecular weight excluding hydrogens is 176 g/mol. The van der Waals surface area contributed by atoms with Gasteiger partial charge in [-0.1, -0.05) is 0 Å². The molecule has 0 saturated carbocycles. The van der Waals surface area contributed by atoms with E-state index >= 15 is 0 Å². The Labute approximate surface area is 84.9 Å². The Kier molecular flexibility index (Phi) is 2.61. The van der Waals surface area contributed by atoms with Gasteiger partial charge in [0.2, 0.25) is 0 Å². The number of aryl methyl sites for hydroxylation is 2. The molecule has 0 spiro atoms. The van der Waals surface area contributed by atoms with Gasteiger partial charge in [0.05, 0.1) is 6.04 Å². The molecular formula is C11H18N2O. The number of hydrogen-bond acceptors (Lipinski definition) is 3. The van der Waals surface area contributed by atoms with Gasteiger partial charge in [0.1, 0.15) is 11.5 Å². The third-order valence-corrected chi connectivity index (χ3v) is 2.94. The van der Waals surface area contributed by atoms with Crippen molar-refractivity contribution in [2.45, 2.75) is 25.3 Å². The Morgan fingerprint density at radius 1 is 1.50 bits per heavy atom. The average molecular weight is 194 g/mol. The second kappa shape index (κ2) is 3.75. The van der Waals surface area contributed by atoms with Gasteiger partial charge < -0.3 is 10.2 Å². The second-order valence-corrected chi connectivity index (χ2v) is 4.17. The molecule has 0 radical (unpaired) electrons. The van der Waals surface area contributed by atoms with Crippen molar-refractivity contribution in [1.82, 2.24) is 4.90 Å². The zero-order valence-corrected chi connectivity index (χ0v) is 8.92. The molecule has 0 bridgehead atoms. The van der Waals surface area contributed by atoms with Crippen LogP contribution in [0.5, 0.6) is 0 Å². The van der Waals surface area contributed by atoms with Crippen molar-refractivity contribution in [3.05, 3.63) is 23.2 Å². The van der Waals surface area contributed by atoms with E-state index in [2.05, 4.69) is 11.0 Å². The molecule has 1 aromatic heterocycles. The molecule has 2 rings (SSSR count). The Morgan fingerprint density at radius 3 is 2.86 bits per heavy atom. The summed E-state index contributed by atoms with van der Waals surface area (Å²) in [6, 6.07) is 2.40. The van der Waals surface area contributed by atoms with Gasteiger partial charge in [-0.25, -0.2) is 0 Å². The molecule has 0 saturated heterocycles. The summed E-state index contributed by atoms with van der Waals surface area (Å²) < 4.78 is 5.82. The van der Waals surface area contributed by atoms with Gasteiger partial charge in [0, 0.05) is 13.0 Å². The van der Waals surface area contributed by atoms with Crippen LogP contribution in [-0.2, 0) is 12.8 Å². The lowest BCUT2D eigenvalue weighted by molar-refractivity contribution is 0.260. The molecule has 0 amide bonds. The third-order valence-electron chi connectivity index (χ3n) is 2.94. The minimum absolute atomic E-state index is 0.223. The van der Waals surface area contributed by atoms with E-state index in [-0.39, 0.29) is 6.04 Å². The smallest absolute Gasteiger partial charge is 0.122 e. The standard InChI is InChI=1S/C11H18N2O/c1-13(2)9(7-12)11-6-8-4-3-5-10(8)14-11/h6,9H,3-5,7,12H2,1-2H3. The summed E-state index contributed by atoms with van der Waals surface area (Å²) in [6.07, 6.45) is 3.51. The SMILES string of the molecule is CN(C)C(CN)c1cc2c(o1)CCC2. The Bertz CT molecular complexity index is 296. The Balaban J connectivity index is 2.23. The largest absolute Gasteiger partial charge is 0.464 e. The lowest BCUT2D eigenvalue weighted by atomic mass is 10.1. The second-order valence-electron chi connectivity index (χ2n) is 4.17. The Hall–Kier alpha value is -0.800. The number of furan rings is 1. The van der Waals surface area contributed by atoms with Crippen LogP contribution >= 0.6 is 0 Å². The zero-order valence-electron chi connectivity index (χ0n) is 8.92. The molecule has 0 aliphatic heterocycles. The van der Waals surface area contributed by atoms with Gasteiger partial charge in [0.25, 0.3) is 0 Å². The maximum atomic E-state index is 5.82. The van der Waals surface area contributed by atoms with Crippen LogP contribution in [0.2, 0.25) is 0 Å². The summed E-state index contributed by atoms with van der Waals surface area (Å²) in [4.78, 5) is 2.11. The van der Waals surface area contributed by atoms with E-state index in [0.717, 1.165) is 12.2 Å². The molecule has 1 unspecified atom stereocenters. The molecule has 1 aromatic rings. The van der Waals surface area contributed by atoms with Crippen molar-refractivity contribution in [2.75, 3.05) is 20.6 Å². The van der Waals surface area contributed by atoms with Gasteiger partial charge in [-0.2, -0.15) is 0 Å². The number of nitrogens with zero attached hydrogens (tertiary/aromatic N) is 1. The molecule has 1 heterocycles. The van der Waals surface area contributed by atoms with Gasteiger partial charge in [-0.3, -0.25) is 4.90 Å². The molecule has 78 valence electrons. The number of likely N-dealkylation sites (N-methyl/N-ethyl adjacent to an activating group) is 1. The van der Waals surface area contributed by atoms with E-state index < -0.39 is 0 Å². The van der Waals surface area contributed by atoms with Crippen molar-refractivity contribution >= 4 is 0 Å². The molecule has 0 fully saturated rings. The number of nitrogens with two attached hydrogens (primary N) is 1. The van der Waals surface area contributed by atoms with Crippen LogP contribution in [0.4, 0.5) is 0 Å². The first-order valence-corrected chi connectivity index (χ1v) is 5.20. The topological polar surface area (TPSA) is 42.4 Å². The fraction of sp³-hybridized carbons (Fsp3) is 0.636. The van der Waals surface area contributed by atoms with Gasteiger partial charge in [-0.15, -0.1) is 0 Å². The van der Waals surface area contributed by atoms with Crippen LogP contribution in [0.1, 0.15) is 29.5 Å². The minimum Gasteiger partial charge on any atom is -0.464 e. The lowest BCUT2D eigenvalue weighted by Crippen LogP contribution is -2.26. The van der Waals surface area contributed by atoms with Crippen LogP contribution in [0.25, 0.3) is 0 Å². The normalized spacial score (nSPS) is 17.4. The molecule has 3 nitrogen and oxygen atoms in total. The summed E-state index contributed by atoms with van der Waals surface area (Å²) in [5.41, 5.74) is 7.11. The molecule has 0 aromatic carbocycles. The van der Waals surface area contributed by atoms with E-state index in [1.165, 1.54) is 24.2 Å². The van der Waals surface area contributed by atoms with Crippen molar-refractivity contribution in [3.8, 4) is 0 Å². The van der Waals surface area contributed by atoms with Gasteiger partial charge in [0.15, 0.2) is 0 Å². The highest BCUT2D eigenvalue weighted by Crippen LogP contribution is 2.29. The van der Waals surface area contributed by atoms with E-state index in [1.807, 2.05) is 14.1 Å². The highest BCUT2D eigenvalue weighted by molar-refractivity contribution is 5.27. The maximum Gasteiger partial charge on any atom is 0.122 e. The summed E-state index contributed by atoms with van der Waals surface area (Å²) in [5.74, 6) is 2.21. The zero-order chi connectivity index (χ0) is 10.1. The van der Waals surface area contributed by atoms with Crippen LogP contribution in [0, 0.1) is 0 Å². The van der Waals surface area contributed by atoms with Gasteiger partial charge >= 0.3 is 0 Å². The minimum atomic E-state index is 0.223. The lowest BCUT2D eigenvalue weighted by Gasteiger charge is -2.20. The monoisotopic (exact) mass is 194 g/mol. The Morgan fingerprint density at radius 2 is 2.29 bits per heavy atom. The molecule has 1 aliphatic rings. The van der Waals surface area contributed by atoms with E-state index in [1.54, 1.807) is 0 Å². The van der Waals surface area contributed by atoms with E-state index in [0.29, 0.717) is 6.54 Å². The predicted molar refractivity (Wildman–Crippen MR) is 56.2 cm³/mol. The van der Waals surface area contributed by atoms with E-state index in [4.69, 9.17) is 10.2 Å². The molecule has 3 heteroatoms. The number of fused-ring (bicyclic) bond motifs is 1. The van der Waals surface area contributed by atoms with Crippen molar-refractivity contribution < 1.29 is 4.42 Å². The van der Waals surface area contributed by atoms with Crippen molar-refractivity contribution in [1.29, 1.82) is 0 Å². The first-order valence-electron chi connectivity index (χ1n) is 5.20. The summed E-state index contributed by atoms with van der Waals surface area (Å²) >= 11 is 0. The molecule has 2 N–H and O–H groups in total. The van der Waals surface area contributed by atoms with Crippen molar-refractivity contribution in [3.63, 3.8) is 0 Å². The third kappa shape index (κ3) is 1.57. The molecule has 1 atom stereocenters. The van der Waals surface area contributed by atoms with Crippen LogP contribution in [-0.4, -0.2) is 25.5 Å². The first kappa shape index (κ1) is 9.74. The highest BCUT2D eigenvalue weighted by Gasteiger charge is 2.22. The number of rotatable bonds is 3. The van der Waals surface area contributed by atoms with Crippen LogP contribution in [0.15, 0.2) is 10.5 Å². The average Bonchev–Trinajstić information content (AvgIpc) is 2.63. The van der Waals surface area contributed by atoms with E-state index in [9.17, 15) is 0 Å². The molecule has 1 aliphatic carbocycles. The van der Waals surface area contributed by atoms with Gasteiger partial charge in [-0.05, 0) is 38.6 Å². The fourth-order valence-electron chi connectivity index (χ4n) is 2.10. The molecule has 14 heavy (non-hydrogen) atoms. The highest BCUT2D eigenvalue weighted by atomic mass is 16.3. The first-order chi connectivity index (χ1) is 6.72. The predicted octanol–water partition coefficient (Wildman–Crippen LogP) is 1.33. The summed E-state index contributed by atoms with van der Waals surface area (Å²) in [5, 5.41) is 0.